The number of carbonyl (C=O) groups is 1. The topological polar surface area (TPSA) is 55.8 Å². The predicted octanol–water partition coefficient (Wildman–Crippen LogP) is 2.63. The van der Waals surface area contributed by atoms with Gasteiger partial charge in [0.15, 0.2) is 5.79 Å². The van der Waals surface area contributed by atoms with Crippen LogP contribution >= 0.6 is 0 Å². The second-order valence-electron chi connectivity index (χ2n) is 7.48. The molecule has 1 heterocycles. The fraction of sp³-hybridized carbons (Fsp3) is 0.938. The molecule has 0 amide bonds. The lowest BCUT2D eigenvalue weighted by molar-refractivity contribution is -0.281. The lowest BCUT2D eigenvalue weighted by Gasteiger charge is -2.57. The predicted molar refractivity (Wildman–Crippen MR) is 73.8 cm³/mol. The van der Waals surface area contributed by atoms with Crippen LogP contribution in [0.1, 0.15) is 59.8 Å². The van der Waals surface area contributed by atoms with Crippen molar-refractivity contribution in [1.29, 1.82) is 0 Å². The first-order valence-electron chi connectivity index (χ1n) is 7.81. The van der Waals surface area contributed by atoms with Crippen molar-refractivity contribution in [2.75, 3.05) is 0 Å². The smallest absolute Gasteiger partial charge is 0.302 e. The van der Waals surface area contributed by atoms with E-state index in [1.807, 2.05) is 0 Å². The molecular weight excluding hydrogens is 256 g/mol. The molecule has 2 bridgehead atoms. The molecule has 4 heteroatoms. The zero-order valence-electron chi connectivity index (χ0n) is 12.9. The highest BCUT2D eigenvalue weighted by atomic mass is 16.6. The zero-order valence-corrected chi connectivity index (χ0v) is 12.9. The van der Waals surface area contributed by atoms with E-state index < -0.39 is 5.79 Å². The van der Waals surface area contributed by atoms with Crippen molar-refractivity contribution in [2.45, 2.75) is 77.3 Å². The van der Waals surface area contributed by atoms with Gasteiger partial charge in [0.2, 0.25) is 0 Å². The minimum absolute atomic E-state index is 0.0916. The Bertz CT molecular complexity index is 432. The Morgan fingerprint density at radius 3 is 2.65 bits per heavy atom. The highest BCUT2D eigenvalue weighted by Gasteiger charge is 2.69. The van der Waals surface area contributed by atoms with Crippen LogP contribution < -0.4 is 0 Å². The van der Waals surface area contributed by atoms with E-state index in [-0.39, 0.29) is 29.0 Å². The molecule has 0 radical (unpaired) electrons. The highest BCUT2D eigenvalue weighted by molar-refractivity contribution is 5.66. The Morgan fingerprint density at radius 2 is 2.00 bits per heavy atom. The van der Waals surface area contributed by atoms with Gasteiger partial charge in [-0.1, -0.05) is 13.8 Å². The number of fused-ring (bicyclic) bond motifs is 1. The van der Waals surface area contributed by atoms with Gasteiger partial charge >= 0.3 is 5.97 Å². The van der Waals surface area contributed by atoms with Crippen molar-refractivity contribution in [3.05, 3.63) is 0 Å². The molecule has 4 nitrogen and oxygen atoms in total. The van der Waals surface area contributed by atoms with E-state index in [4.69, 9.17) is 9.47 Å². The Morgan fingerprint density at radius 1 is 1.30 bits per heavy atom. The highest BCUT2D eigenvalue weighted by Crippen LogP contribution is 2.65. The van der Waals surface area contributed by atoms with Gasteiger partial charge < -0.3 is 14.6 Å². The van der Waals surface area contributed by atoms with Crippen molar-refractivity contribution in [1.82, 2.24) is 0 Å². The van der Waals surface area contributed by atoms with Gasteiger partial charge in [-0.25, -0.2) is 0 Å². The SMILES string of the molecule is CC(=O)O[C@@H]1CC[C@H](C)[C@]23CC(CC[C@@]12C)C(C)(O)O3. The average molecular weight is 282 g/mol. The van der Waals surface area contributed by atoms with Gasteiger partial charge in [-0.2, -0.15) is 0 Å². The van der Waals surface area contributed by atoms with Crippen molar-refractivity contribution in [2.24, 2.45) is 17.3 Å². The van der Waals surface area contributed by atoms with E-state index in [1.165, 1.54) is 6.92 Å². The molecule has 6 atom stereocenters. The summed E-state index contributed by atoms with van der Waals surface area (Å²) in [4.78, 5) is 11.4. The Labute approximate surface area is 120 Å². The molecule has 1 saturated heterocycles. The van der Waals surface area contributed by atoms with E-state index in [9.17, 15) is 9.90 Å². The minimum atomic E-state index is -1.04. The molecule has 2 aliphatic carbocycles. The third kappa shape index (κ3) is 1.70. The third-order valence-corrected chi connectivity index (χ3v) is 6.35. The molecule has 3 fully saturated rings. The number of ether oxygens (including phenoxy) is 2. The number of esters is 1. The summed E-state index contributed by atoms with van der Waals surface area (Å²) >= 11 is 0. The van der Waals surface area contributed by atoms with Crippen LogP contribution in [-0.4, -0.2) is 28.6 Å². The largest absolute Gasteiger partial charge is 0.462 e. The Kier molecular flexibility index (Phi) is 3.01. The van der Waals surface area contributed by atoms with Crippen LogP contribution in [0.2, 0.25) is 0 Å². The maximum Gasteiger partial charge on any atom is 0.302 e. The molecule has 1 aliphatic heterocycles. The van der Waals surface area contributed by atoms with Crippen LogP contribution in [0.3, 0.4) is 0 Å². The molecule has 20 heavy (non-hydrogen) atoms. The molecule has 2 unspecified atom stereocenters. The molecule has 114 valence electrons. The second-order valence-corrected chi connectivity index (χ2v) is 7.48. The molecule has 1 spiro atoms. The third-order valence-electron chi connectivity index (χ3n) is 6.35. The van der Waals surface area contributed by atoms with E-state index in [1.54, 1.807) is 6.92 Å². The summed E-state index contributed by atoms with van der Waals surface area (Å²) in [6.45, 7) is 7.67. The first-order valence-corrected chi connectivity index (χ1v) is 7.81. The lowest BCUT2D eigenvalue weighted by Crippen LogP contribution is -2.62. The lowest BCUT2D eigenvalue weighted by atomic mass is 9.52. The van der Waals surface area contributed by atoms with Crippen LogP contribution in [0, 0.1) is 17.3 Å². The fourth-order valence-electron chi connectivity index (χ4n) is 5.09. The number of rotatable bonds is 1. The summed E-state index contributed by atoms with van der Waals surface area (Å²) in [6, 6.07) is 0. The van der Waals surface area contributed by atoms with Crippen molar-refractivity contribution >= 4 is 5.97 Å². The van der Waals surface area contributed by atoms with Crippen molar-refractivity contribution in [3.8, 4) is 0 Å². The van der Waals surface area contributed by atoms with Crippen LogP contribution in [-0.2, 0) is 14.3 Å². The monoisotopic (exact) mass is 282 g/mol. The summed E-state index contributed by atoms with van der Waals surface area (Å²) in [5.74, 6) is -0.664. The molecule has 2 saturated carbocycles. The summed E-state index contributed by atoms with van der Waals surface area (Å²) < 4.78 is 11.9. The molecule has 0 aromatic heterocycles. The molecular formula is C16H26O4. The minimum Gasteiger partial charge on any atom is -0.462 e. The molecule has 3 rings (SSSR count). The number of hydrogen-bond donors (Lipinski definition) is 1. The normalized spacial score (nSPS) is 54.4. The fourth-order valence-corrected chi connectivity index (χ4v) is 5.09. The maximum atomic E-state index is 11.4. The Hall–Kier alpha value is -0.610. The van der Waals surface area contributed by atoms with Gasteiger partial charge in [0.25, 0.3) is 0 Å². The standard InChI is InChI=1S/C16H26O4/c1-10-5-6-13(19-11(2)17)14(3)8-7-12-9-16(10,14)20-15(12,4)18/h10,12-13,18H,5-9H2,1-4H3/t10-,12?,13+,14-,15?,16+/m0/s1. The maximum absolute atomic E-state index is 11.4. The van der Waals surface area contributed by atoms with Gasteiger partial charge in [0.05, 0.1) is 5.60 Å². The summed E-state index contributed by atoms with van der Waals surface area (Å²) in [5, 5.41) is 10.6. The van der Waals surface area contributed by atoms with Crippen LogP contribution in [0.15, 0.2) is 0 Å². The first-order chi connectivity index (χ1) is 9.21. The van der Waals surface area contributed by atoms with Crippen molar-refractivity contribution < 1.29 is 19.4 Å². The summed E-state index contributed by atoms with van der Waals surface area (Å²) in [6.07, 6.45) is 4.57. The summed E-state index contributed by atoms with van der Waals surface area (Å²) in [5.41, 5.74) is -0.537. The average Bonchev–Trinajstić information content (AvgIpc) is 2.57. The van der Waals surface area contributed by atoms with Crippen LogP contribution in [0.25, 0.3) is 0 Å². The first kappa shape index (κ1) is 14.3. The van der Waals surface area contributed by atoms with Crippen LogP contribution in [0.5, 0.6) is 0 Å². The summed E-state index contributed by atoms with van der Waals surface area (Å²) in [7, 11) is 0. The van der Waals surface area contributed by atoms with Crippen molar-refractivity contribution in [3.63, 3.8) is 0 Å². The molecule has 0 aromatic carbocycles. The molecule has 0 aromatic rings. The van der Waals surface area contributed by atoms with E-state index in [0.29, 0.717) is 5.92 Å². The van der Waals surface area contributed by atoms with Gasteiger partial charge in [0, 0.05) is 18.3 Å². The van der Waals surface area contributed by atoms with Crippen LogP contribution in [0.4, 0.5) is 0 Å². The molecule has 1 N–H and O–H groups in total. The number of hydrogen-bond acceptors (Lipinski definition) is 4. The quantitative estimate of drug-likeness (QED) is 0.751. The number of aliphatic hydroxyl groups is 1. The Balaban J connectivity index is 2.00. The van der Waals surface area contributed by atoms with Gasteiger partial charge in [-0.15, -0.1) is 0 Å². The van der Waals surface area contributed by atoms with Gasteiger partial charge in [-0.3, -0.25) is 4.79 Å². The van der Waals surface area contributed by atoms with E-state index in [0.717, 1.165) is 32.1 Å². The van der Waals surface area contributed by atoms with Gasteiger partial charge in [-0.05, 0) is 44.9 Å². The van der Waals surface area contributed by atoms with E-state index >= 15 is 0 Å². The van der Waals surface area contributed by atoms with Gasteiger partial charge in [0.1, 0.15) is 6.10 Å². The second kappa shape index (κ2) is 4.20. The molecule has 3 aliphatic rings. The zero-order chi connectivity index (χ0) is 14.8. The number of carbonyl (C=O) groups excluding carboxylic acids is 1. The van der Waals surface area contributed by atoms with E-state index in [2.05, 4.69) is 13.8 Å².